The Morgan fingerprint density at radius 2 is 2.00 bits per heavy atom. The first-order valence-corrected chi connectivity index (χ1v) is 8.59. The first-order valence-electron chi connectivity index (χ1n) is 7.11. The van der Waals surface area contributed by atoms with E-state index in [-0.39, 0.29) is 16.8 Å². The van der Waals surface area contributed by atoms with Crippen molar-refractivity contribution < 1.29 is 8.42 Å². The van der Waals surface area contributed by atoms with E-state index in [2.05, 4.69) is 16.7 Å². The fraction of sp³-hybridized carbons (Fsp3) is 0.769. The molecular weight excluding hydrogens is 276 g/mol. The fourth-order valence-electron chi connectivity index (χ4n) is 2.21. The van der Waals surface area contributed by atoms with Gasteiger partial charge in [0.1, 0.15) is 4.90 Å². The molecule has 0 spiro atoms. The van der Waals surface area contributed by atoms with Gasteiger partial charge in [-0.05, 0) is 20.3 Å². The maximum Gasteiger partial charge on any atom is 0.246 e. The van der Waals surface area contributed by atoms with Crippen molar-refractivity contribution in [1.82, 2.24) is 14.5 Å². The summed E-state index contributed by atoms with van der Waals surface area (Å²) < 4.78 is 28.8. The predicted octanol–water partition coefficient (Wildman–Crippen LogP) is 1.95. The second kappa shape index (κ2) is 7.08. The van der Waals surface area contributed by atoms with E-state index < -0.39 is 10.0 Å². The number of nitrogens with one attached hydrogen (secondary N) is 1. The average Bonchev–Trinajstić information content (AvgIpc) is 2.58. The molecule has 6 nitrogen and oxygen atoms in total. The highest BCUT2D eigenvalue weighted by atomic mass is 32.2. The molecule has 0 aliphatic rings. The Hall–Kier alpha value is -1.08. The summed E-state index contributed by atoms with van der Waals surface area (Å²) in [5, 5.41) is 3.95. The van der Waals surface area contributed by atoms with Crippen LogP contribution in [0.3, 0.4) is 0 Å². The maximum absolute atomic E-state index is 12.3. The van der Waals surface area contributed by atoms with Gasteiger partial charge in [-0.15, -0.1) is 0 Å². The van der Waals surface area contributed by atoms with Crippen molar-refractivity contribution in [2.75, 3.05) is 5.73 Å². The molecule has 116 valence electrons. The van der Waals surface area contributed by atoms with Crippen LogP contribution in [0.2, 0.25) is 0 Å². The van der Waals surface area contributed by atoms with Gasteiger partial charge in [0.05, 0.1) is 5.69 Å². The highest BCUT2D eigenvalue weighted by Gasteiger charge is 2.25. The van der Waals surface area contributed by atoms with Gasteiger partial charge in [-0.3, -0.25) is 4.68 Å². The van der Waals surface area contributed by atoms with Crippen LogP contribution in [0.5, 0.6) is 0 Å². The van der Waals surface area contributed by atoms with Crippen LogP contribution in [0.4, 0.5) is 5.82 Å². The number of aryl methyl sites for hydroxylation is 1. The van der Waals surface area contributed by atoms with Crippen LogP contribution in [-0.2, 0) is 17.1 Å². The summed E-state index contributed by atoms with van der Waals surface area (Å²) in [5.41, 5.74) is 6.24. The van der Waals surface area contributed by atoms with Crippen LogP contribution < -0.4 is 10.5 Å². The van der Waals surface area contributed by atoms with Gasteiger partial charge in [-0.25, -0.2) is 13.1 Å². The van der Waals surface area contributed by atoms with E-state index in [0.29, 0.717) is 5.69 Å². The lowest BCUT2D eigenvalue weighted by Crippen LogP contribution is -2.33. The quantitative estimate of drug-likeness (QED) is 0.718. The average molecular weight is 302 g/mol. The summed E-state index contributed by atoms with van der Waals surface area (Å²) in [6.07, 6.45) is 5.35. The Morgan fingerprint density at radius 1 is 1.35 bits per heavy atom. The molecule has 1 unspecified atom stereocenters. The van der Waals surface area contributed by atoms with Crippen molar-refractivity contribution in [1.29, 1.82) is 0 Å². The Labute approximate surface area is 121 Å². The van der Waals surface area contributed by atoms with Crippen molar-refractivity contribution in [2.24, 2.45) is 7.05 Å². The maximum atomic E-state index is 12.3. The number of anilines is 1. The lowest BCUT2D eigenvalue weighted by molar-refractivity contribution is 0.521. The van der Waals surface area contributed by atoms with E-state index in [1.165, 1.54) is 17.5 Å². The molecule has 0 aliphatic carbocycles. The monoisotopic (exact) mass is 302 g/mol. The molecule has 3 N–H and O–H groups in total. The highest BCUT2D eigenvalue weighted by molar-refractivity contribution is 7.89. The first-order chi connectivity index (χ1) is 9.29. The number of nitrogens with two attached hydrogens (primary N) is 1. The third-order valence-corrected chi connectivity index (χ3v) is 5.17. The summed E-state index contributed by atoms with van der Waals surface area (Å²) >= 11 is 0. The van der Waals surface area contributed by atoms with Gasteiger partial charge in [0.25, 0.3) is 0 Å². The number of aromatic nitrogens is 2. The molecule has 0 saturated heterocycles. The van der Waals surface area contributed by atoms with Crippen LogP contribution in [-0.4, -0.2) is 24.2 Å². The van der Waals surface area contributed by atoms with Gasteiger partial charge in [0.2, 0.25) is 10.0 Å². The summed E-state index contributed by atoms with van der Waals surface area (Å²) in [5.74, 6) is 0.0516. The van der Waals surface area contributed by atoms with Gasteiger partial charge < -0.3 is 5.73 Å². The second-order valence-electron chi connectivity index (χ2n) is 5.30. The minimum Gasteiger partial charge on any atom is -0.381 e. The number of unbranched alkanes of at least 4 members (excludes halogenated alkanes) is 3. The van der Waals surface area contributed by atoms with Gasteiger partial charge in [0.15, 0.2) is 5.82 Å². The summed E-state index contributed by atoms with van der Waals surface area (Å²) in [6.45, 7) is 5.73. The smallest absolute Gasteiger partial charge is 0.246 e. The van der Waals surface area contributed by atoms with Crippen molar-refractivity contribution >= 4 is 15.8 Å². The van der Waals surface area contributed by atoms with E-state index in [1.54, 1.807) is 14.0 Å². The summed E-state index contributed by atoms with van der Waals surface area (Å²) in [7, 11) is -1.92. The summed E-state index contributed by atoms with van der Waals surface area (Å²) in [4.78, 5) is 0.0976. The van der Waals surface area contributed by atoms with Crippen molar-refractivity contribution in [3.05, 3.63) is 5.69 Å². The topological polar surface area (TPSA) is 90.0 Å². The van der Waals surface area contributed by atoms with Gasteiger partial charge in [-0.1, -0.05) is 32.6 Å². The fourth-order valence-corrected chi connectivity index (χ4v) is 3.81. The molecule has 1 aromatic rings. The number of hydrogen-bond donors (Lipinski definition) is 2. The Morgan fingerprint density at radius 3 is 2.50 bits per heavy atom. The molecule has 1 heterocycles. The van der Waals surface area contributed by atoms with Gasteiger partial charge in [0, 0.05) is 13.1 Å². The molecule has 1 rings (SSSR count). The molecule has 0 amide bonds. The van der Waals surface area contributed by atoms with Crippen LogP contribution >= 0.6 is 0 Å². The Bertz CT molecular complexity index is 537. The van der Waals surface area contributed by atoms with Gasteiger partial charge >= 0.3 is 0 Å². The first kappa shape index (κ1) is 17.0. The van der Waals surface area contributed by atoms with Crippen LogP contribution in [0, 0.1) is 6.92 Å². The van der Waals surface area contributed by atoms with E-state index in [1.807, 2.05) is 6.92 Å². The SMILES string of the molecule is CCCCCCC(C)NS(=O)(=O)c1c(N)nn(C)c1C. The zero-order valence-corrected chi connectivity index (χ0v) is 13.6. The minimum atomic E-state index is -3.60. The number of nitrogen functional groups attached to an aromatic ring is 1. The lowest BCUT2D eigenvalue weighted by Gasteiger charge is -2.14. The van der Waals surface area contributed by atoms with E-state index in [0.717, 1.165) is 19.3 Å². The minimum absolute atomic E-state index is 0.0516. The third kappa shape index (κ3) is 4.21. The lowest BCUT2D eigenvalue weighted by atomic mass is 10.1. The zero-order valence-electron chi connectivity index (χ0n) is 12.8. The molecule has 1 atom stereocenters. The summed E-state index contributed by atoms with van der Waals surface area (Å²) in [6, 6.07) is -0.101. The van der Waals surface area contributed by atoms with Gasteiger partial charge in [-0.2, -0.15) is 5.10 Å². The van der Waals surface area contributed by atoms with Crippen LogP contribution in [0.25, 0.3) is 0 Å². The predicted molar refractivity (Wildman–Crippen MR) is 80.9 cm³/mol. The molecule has 0 saturated carbocycles. The third-order valence-electron chi connectivity index (χ3n) is 3.42. The highest BCUT2D eigenvalue weighted by Crippen LogP contribution is 2.21. The molecule has 7 heteroatoms. The molecule has 0 bridgehead atoms. The number of nitrogens with zero attached hydrogens (tertiary/aromatic N) is 2. The number of hydrogen-bond acceptors (Lipinski definition) is 4. The molecule has 0 fully saturated rings. The molecule has 0 aliphatic heterocycles. The van der Waals surface area contributed by atoms with Crippen molar-refractivity contribution in [3.8, 4) is 0 Å². The number of rotatable bonds is 8. The second-order valence-corrected chi connectivity index (χ2v) is 6.95. The van der Waals surface area contributed by atoms with E-state index >= 15 is 0 Å². The Kier molecular flexibility index (Phi) is 6.01. The molecule has 0 radical (unpaired) electrons. The van der Waals surface area contributed by atoms with E-state index in [4.69, 9.17) is 5.73 Å². The normalized spacial score (nSPS) is 13.6. The Balaban J connectivity index is 2.70. The molecular formula is C13H26N4O2S. The standard InChI is InChI=1S/C13H26N4O2S/c1-5-6-7-8-9-10(2)16-20(18,19)12-11(3)17(4)15-13(12)14/h10,16H,5-9H2,1-4H3,(H2,14,15). The van der Waals surface area contributed by atoms with Crippen LogP contribution in [0.15, 0.2) is 4.90 Å². The van der Waals surface area contributed by atoms with Crippen LogP contribution in [0.1, 0.15) is 51.6 Å². The number of sulfonamides is 1. The van der Waals surface area contributed by atoms with Crippen molar-refractivity contribution in [2.45, 2.75) is 63.8 Å². The largest absolute Gasteiger partial charge is 0.381 e. The van der Waals surface area contributed by atoms with Crippen molar-refractivity contribution in [3.63, 3.8) is 0 Å². The molecule has 20 heavy (non-hydrogen) atoms. The molecule has 1 aromatic heterocycles. The van der Waals surface area contributed by atoms with E-state index in [9.17, 15) is 8.42 Å². The zero-order chi connectivity index (χ0) is 15.3. The molecule has 0 aromatic carbocycles.